The van der Waals surface area contributed by atoms with Crippen molar-refractivity contribution in [2.45, 2.75) is 33.8 Å². The molecule has 0 amide bonds. The summed E-state index contributed by atoms with van der Waals surface area (Å²) in [6.45, 7) is 7.51. The van der Waals surface area contributed by atoms with Crippen LogP contribution >= 0.6 is 0 Å². The van der Waals surface area contributed by atoms with E-state index in [2.05, 4.69) is 0 Å². The first-order valence-electron chi connectivity index (χ1n) is 4.93. The standard InChI is InChI=1S/C12H16O3/c1-7(2)15-11-6-8(3)10(12(13)14)5-9(11)4/h5-7H,1-4H3,(H,13,14). The summed E-state index contributed by atoms with van der Waals surface area (Å²) in [6, 6.07) is 3.42. The second-order valence-electron chi connectivity index (χ2n) is 3.90. The van der Waals surface area contributed by atoms with Gasteiger partial charge in [0.2, 0.25) is 0 Å². The Morgan fingerprint density at radius 2 is 1.87 bits per heavy atom. The Bertz CT molecular complexity index is 381. The van der Waals surface area contributed by atoms with Crippen LogP contribution in [0.5, 0.6) is 5.75 Å². The molecule has 0 aromatic heterocycles. The molecule has 3 heteroatoms. The fraction of sp³-hybridized carbons (Fsp3) is 0.417. The van der Waals surface area contributed by atoms with Crippen molar-refractivity contribution in [3.63, 3.8) is 0 Å². The molecule has 1 aromatic rings. The molecule has 0 aliphatic carbocycles. The van der Waals surface area contributed by atoms with Crippen LogP contribution < -0.4 is 4.74 Å². The first-order valence-corrected chi connectivity index (χ1v) is 4.93. The summed E-state index contributed by atoms with van der Waals surface area (Å²) >= 11 is 0. The molecule has 82 valence electrons. The molecular weight excluding hydrogens is 192 g/mol. The summed E-state index contributed by atoms with van der Waals surface area (Å²) in [7, 11) is 0. The van der Waals surface area contributed by atoms with Crippen LogP contribution in [0.4, 0.5) is 0 Å². The van der Waals surface area contributed by atoms with Gasteiger partial charge in [-0.25, -0.2) is 4.79 Å². The molecule has 3 nitrogen and oxygen atoms in total. The van der Waals surface area contributed by atoms with Crippen LogP contribution in [-0.4, -0.2) is 17.2 Å². The smallest absolute Gasteiger partial charge is 0.335 e. The molecule has 0 aliphatic heterocycles. The fourth-order valence-corrected chi connectivity index (χ4v) is 1.40. The topological polar surface area (TPSA) is 46.5 Å². The first kappa shape index (κ1) is 11.6. The lowest BCUT2D eigenvalue weighted by atomic mass is 10.0. The molecule has 0 aliphatic rings. The summed E-state index contributed by atoms with van der Waals surface area (Å²) in [4.78, 5) is 10.9. The first-order chi connectivity index (χ1) is 6.91. The van der Waals surface area contributed by atoms with E-state index in [0.717, 1.165) is 16.9 Å². The minimum atomic E-state index is -0.897. The molecular formula is C12H16O3. The van der Waals surface area contributed by atoms with Crippen LogP contribution in [0.1, 0.15) is 35.3 Å². The van der Waals surface area contributed by atoms with Gasteiger partial charge in [0.1, 0.15) is 5.75 Å². The number of benzene rings is 1. The number of carboxylic acid groups (broad SMARTS) is 1. The average molecular weight is 208 g/mol. The highest BCUT2D eigenvalue weighted by Gasteiger charge is 2.11. The normalized spacial score (nSPS) is 10.5. The fourth-order valence-electron chi connectivity index (χ4n) is 1.40. The van der Waals surface area contributed by atoms with Crippen molar-refractivity contribution in [3.05, 3.63) is 28.8 Å². The van der Waals surface area contributed by atoms with Gasteiger partial charge in [0.05, 0.1) is 11.7 Å². The van der Waals surface area contributed by atoms with E-state index in [1.54, 1.807) is 19.1 Å². The Morgan fingerprint density at radius 1 is 1.27 bits per heavy atom. The lowest BCUT2D eigenvalue weighted by molar-refractivity contribution is 0.0696. The zero-order chi connectivity index (χ0) is 11.6. The van der Waals surface area contributed by atoms with Crippen LogP contribution in [0.3, 0.4) is 0 Å². The maximum Gasteiger partial charge on any atom is 0.335 e. The van der Waals surface area contributed by atoms with E-state index < -0.39 is 5.97 Å². The van der Waals surface area contributed by atoms with Crippen molar-refractivity contribution in [1.29, 1.82) is 0 Å². The molecule has 0 saturated carbocycles. The highest BCUT2D eigenvalue weighted by Crippen LogP contribution is 2.23. The largest absolute Gasteiger partial charge is 0.491 e. The van der Waals surface area contributed by atoms with Crippen LogP contribution in [0, 0.1) is 13.8 Å². The van der Waals surface area contributed by atoms with Crippen molar-refractivity contribution < 1.29 is 14.6 Å². The predicted octanol–water partition coefficient (Wildman–Crippen LogP) is 2.79. The van der Waals surface area contributed by atoms with Gasteiger partial charge in [-0.3, -0.25) is 0 Å². The van der Waals surface area contributed by atoms with E-state index in [-0.39, 0.29) is 6.10 Å². The van der Waals surface area contributed by atoms with E-state index in [0.29, 0.717) is 5.56 Å². The number of aryl methyl sites for hydroxylation is 2. The Kier molecular flexibility index (Phi) is 3.35. The lowest BCUT2D eigenvalue weighted by Gasteiger charge is -2.14. The Hall–Kier alpha value is -1.51. The van der Waals surface area contributed by atoms with E-state index in [9.17, 15) is 4.79 Å². The van der Waals surface area contributed by atoms with Crippen LogP contribution in [-0.2, 0) is 0 Å². The van der Waals surface area contributed by atoms with Gasteiger partial charge in [-0.1, -0.05) is 0 Å². The maximum absolute atomic E-state index is 10.9. The van der Waals surface area contributed by atoms with Crippen molar-refractivity contribution in [3.8, 4) is 5.75 Å². The lowest BCUT2D eigenvalue weighted by Crippen LogP contribution is -2.08. The highest BCUT2D eigenvalue weighted by atomic mass is 16.5. The van der Waals surface area contributed by atoms with Crippen LogP contribution in [0.25, 0.3) is 0 Å². The minimum absolute atomic E-state index is 0.0961. The third-order valence-corrected chi connectivity index (χ3v) is 2.12. The molecule has 0 fully saturated rings. The molecule has 1 rings (SSSR count). The van der Waals surface area contributed by atoms with Gasteiger partial charge in [-0.2, -0.15) is 0 Å². The monoisotopic (exact) mass is 208 g/mol. The number of hydrogen-bond acceptors (Lipinski definition) is 2. The molecule has 1 N–H and O–H groups in total. The summed E-state index contributed by atoms with van der Waals surface area (Å²) in [5.74, 6) is -0.140. The van der Waals surface area contributed by atoms with Gasteiger partial charge in [0, 0.05) is 0 Å². The predicted molar refractivity (Wildman–Crippen MR) is 58.6 cm³/mol. The Balaban J connectivity index is 3.13. The molecule has 15 heavy (non-hydrogen) atoms. The van der Waals surface area contributed by atoms with Gasteiger partial charge < -0.3 is 9.84 Å². The Labute approximate surface area is 89.7 Å². The third-order valence-electron chi connectivity index (χ3n) is 2.12. The van der Waals surface area contributed by atoms with Crippen molar-refractivity contribution in [2.24, 2.45) is 0 Å². The van der Waals surface area contributed by atoms with Gasteiger partial charge in [-0.15, -0.1) is 0 Å². The van der Waals surface area contributed by atoms with Crippen molar-refractivity contribution in [2.75, 3.05) is 0 Å². The zero-order valence-electron chi connectivity index (χ0n) is 9.50. The van der Waals surface area contributed by atoms with E-state index in [1.165, 1.54) is 0 Å². The van der Waals surface area contributed by atoms with Crippen molar-refractivity contribution >= 4 is 5.97 Å². The number of carboxylic acids is 1. The van der Waals surface area contributed by atoms with E-state index in [4.69, 9.17) is 9.84 Å². The second kappa shape index (κ2) is 4.34. The number of carbonyl (C=O) groups is 1. The summed E-state index contributed by atoms with van der Waals surface area (Å²) in [5.41, 5.74) is 1.92. The molecule has 0 spiro atoms. The molecule has 0 heterocycles. The van der Waals surface area contributed by atoms with Gasteiger partial charge in [0.25, 0.3) is 0 Å². The maximum atomic E-state index is 10.9. The zero-order valence-corrected chi connectivity index (χ0v) is 9.50. The summed E-state index contributed by atoms with van der Waals surface area (Å²) in [6.07, 6.45) is 0.0961. The molecule has 1 aromatic carbocycles. The quantitative estimate of drug-likeness (QED) is 0.830. The van der Waals surface area contributed by atoms with Crippen molar-refractivity contribution in [1.82, 2.24) is 0 Å². The molecule has 0 saturated heterocycles. The highest BCUT2D eigenvalue weighted by molar-refractivity contribution is 5.89. The molecule has 0 atom stereocenters. The SMILES string of the molecule is Cc1cc(C(=O)O)c(C)cc1OC(C)C. The number of aromatic carboxylic acids is 1. The average Bonchev–Trinajstić information content (AvgIpc) is 2.09. The molecule has 0 bridgehead atoms. The molecule has 0 unspecified atom stereocenters. The Morgan fingerprint density at radius 3 is 2.33 bits per heavy atom. The number of hydrogen-bond donors (Lipinski definition) is 1. The number of rotatable bonds is 3. The molecule has 0 radical (unpaired) electrons. The number of ether oxygens (including phenoxy) is 1. The van der Waals surface area contributed by atoms with E-state index >= 15 is 0 Å². The minimum Gasteiger partial charge on any atom is -0.491 e. The van der Waals surface area contributed by atoms with Gasteiger partial charge in [0.15, 0.2) is 0 Å². The van der Waals surface area contributed by atoms with Gasteiger partial charge in [-0.05, 0) is 51.0 Å². The van der Waals surface area contributed by atoms with Crippen LogP contribution in [0.2, 0.25) is 0 Å². The van der Waals surface area contributed by atoms with Gasteiger partial charge >= 0.3 is 5.97 Å². The second-order valence-corrected chi connectivity index (χ2v) is 3.90. The summed E-state index contributed by atoms with van der Waals surface area (Å²) < 4.78 is 5.57. The van der Waals surface area contributed by atoms with Crippen LogP contribution in [0.15, 0.2) is 12.1 Å². The third kappa shape index (κ3) is 2.72. The van der Waals surface area contributed by atoms with E-state index in [1.807, 2.05) is 20.8 Å². The summed E-state index contributed by atoms with van der Waals surface area (Å²) in [5, 5.41) is 8.92.